The van der Waals surface area contributed by atoms with Crippen molar-refractivity contribution in [1.29, 1.82) is 0 Å². The van der Waals surface area contributed by atoms with E-state index in [1.165, 1.54) is 0 Å². The van der Waals surface area contributed by atoms with Crippen LogP contribution in [0.25, 0.3) is 0 Å². The van der Waals surface area contributed by atoms with Crippen molar-refractivity contribution in [2.24, 2.45) is 5.73 Å². The summed E-state index contributed by atoms with van der Waals surface area (Å²) in [5.74, 6) is 0.242. The molecule has 0 aliphatic heterocycles. The van der Waals surface area contributed by atoms with Crippen LogP contribution in [-0.4, -0.2) is 75.9 Å². The minimum absolute atomic E-state index is 0.143. The van der Waals surface area contributed by atoms with E-state index >= 15 is 0 Å². The van der Waals surface area contributed by atoms with Crippen molar-refractivity contribution in [3.8, 4) is 0 Å². The summed E-state index contributed by atoms with van der Waals surface area (Å²) in [6.45, 7) is -1.07. The number of nitrogens with one attached hydrogen (secondary N) is 3. The molecule has 0 aliphatic carbocycles. The van der Waals surface area contributed by atoms with Crippen LogP contribution in [-0.2, 0) is 19.2 Å². The second-order valence-corrected chi connectivity index (χ2v) is 6.33. The van der Waals surface area contributed by atoms with Crippen molar-refractivity contribution < 1.29 is 24.3 Å². The van der Waals surface area contributed by atoms with Crippen LogP contribution in [0.1, 0.15) is 6.42 Å². The van der Waals surface area contributed by atoms with Crippen LogP contribution in [0, 0.1) is 0 Å². The van der Waals surface area contributed by atoms with Crippen LogP contribution in [0.4, 0.5) is 0 Å². The Kier molecular flexibility index (Phi) is 11.3. The fraction of sp³-hybridized carbons (Fsp3) is 0.667. The Hall–Kier alpha value is -1.48. The van der Waals surface area contributed by atoms with Crippen LogP contribution in [0.15, 0.2) is 0 Å². The van der Waals surface area contributed by atoms with Gasteiger partial charge in [0.2, 0.25) is 0 Å². The van der Waals surface area contributed by atoms with Gasteiger partial charge in [0.15, 0.2) is 0 Å². The normalized spacial score (nSPS) is 12.9. The molecule has 126 valence electrons. The molecule has 22 heavy (non-hydrogen) atoms. The van der Waals surface area contributed by atoms with Crippen LogP contribution in [0.5, 0.6) is 0 Å². The number of amides is 3. The molecule has 0 heterocycles. The maximum atomic E-state index is 12.0. The molecule has 0 bridgehead atoms. The summed E-state index contributed by atoms with van der Waals surface area (Å²) < 4.78 is 0. The molecular weight excluding hydrogens is 359 g/mol. The molecule has 0 radical (unpaired) electrons. The predicted octanol–water partition coefficient (Wildman–Crippen LogP) is -3.22. The van der Waals surface area contributed by atoms with Crippen molar-refractivity contribution in [1.82, 2.24) is 16.0 Å². The van der Waals surface area contributed by atoms with E-state index < -0.39 is 36.4 Å². The average Bonchev–Trinajstić information content (AvgIpc) is 2.53. The summed E-state index contributed by atoms with van der Waals surface area (Å²) >= 11 is 0.318. The molecule has 0 aromatic heterocycles. The zero-order valence-electron chi connectivity index (χ0n) is 12.3. The van der Waals surface area contributed by atoms with E-state index in [0.717, 1.165) is 5.32 Å². The number of carbonyl (C=O) groups excluding carboxylic acids is 4. The second-order valence-electron chi connectivity index (χ2n) is 4.26. The van der Waals surface area contributed by atoms with Gasteiger partial charge in [-0.1, -0.05) is 0 Å². The Bertz CT molecular complexity index is 394. The third kappa shape index (κ3) is 8.08. The van der Waals surface area contributed by atoms with E-state index in [-0.39, 0.29) is 13.1 Å². The van der Waals surface area contributed by atoms with Gasteiger partial charge < -0.3 is 0 Å². The number of aliphatic hydroxyl groups is 1. The molecule has 0 saturated heterocycles. The summed E-state index contributed by atoms with van der Waals surface area (Å²) in [6, 6.07) is -2.00. The molecule has 2 atom stereocenters. The summed E-state index contributed by atoms with van der Waals surface area (Å²) in [4.78, 5) is 45.4. The van der Waals surface area contributed by atoms with Crippen molar-refractivity contribution in [2.45, 2.75) is 29.6 Å². The van der Waals surface area contributed by atoms with Gasteiger partial charge in [-0.3, -0.25) is 0 Å². The summed E-state index contributed by atoms with van der Waals surface area (Å²) in [6.07, 6.45) is 0.953. The van der Waals surface area contributed by atoms with Gasteiger partial charge >= 0.3 is 134 Å². The Morgan fingerprint density at radius 3 is 2.41 bits per heavy atom. The van der Waals surface area contributed by atoms with E-state index in [4.69, 9.17) is 10.8 Å². The van der Waals surface area contributed by atoms with Gasteiger partial charge in [-0.15, -0.1) is 0 Å². The molecule has 10 heteroatoms. The van der Waals surface area contributed by atoms with Gasteiger partial charge in [0.05, 0.1) is 0 Å². The number of nitrogens with two attached hydrogens (primary N) is 1. The van der Waals surface area contributed by atoms with Gasteiger partial charge in [0.25, 0.3) is 0 Å². The predicted molar refractivity (Wildman–Crippen MR) is 80.1 cm³/mol. The first kappa shape index (κ1) is 20.5. The molecule has 0 aromatic rings. The van der Waals surface area contributed by atoms with Crippen LogP contribution in [0.2, 0.25) is 11.1 Å². The van der Waals surface area contributed by atoms with Crippen molar-refractivity contribution in [2.75, 3.05) is 19.7 Å². The maximum absolute atomic E-state index is 12.0. The van der Waals surface area contributed by atoms with Crippen LogP contribution in [0.3, 0.4) is 0 Å². The van der Waals surface area contributed by atoms with Gasteiger partial charge in [0.1, 0.15) is 0 Å². The molecule has 0 fully saturated rings. The fourth-order valence-corrected chi connectivity index (χ4v) is 2.48. The first-order valence-electron chi connectivity index (χ1n) is 6.61. The Morgan fingerprint density at radius 2 is 1.91 bits per heavy atom. The third-order valence-electron chi connectivity index (χ3n) is 2.62. The molecule has 0 aromatic carbocycles. The number of hydrogen-bond donors (Lipinski definition) is 5. The Labute approximate surface area is 134 Å². The first-order valence-corrected chi connectivity index (χ1v) is 9.53. The fourth-order valence-electron chi connectivity index (χ4n) is 1.49. The zero-order valence-corrected chi connectivity index (χ0v) is 14.0. The summed E-state index contributed by atoms with van der Waals surface area (Å²) in [5.41, 5.74) is 5.12. The van der Waals surface area contributed by atoms with Crippen LogP contribution < -0.4 is 21.7 Å². The van der Waals surface area contributed by atoms with E-state index in [0.29, 0.717) is 27.7 Å². The molecule has 0 unspecified atom stereocenters. The van der Waals surface area contributed by atoms with Crippen LogP contribution >= 0.6 is 0 Å². The van der Waals surface area contributed by atoms with Gasteiger partial charge in [-0.25, -0.2) is 0 Å². The summed E-state index contributed by atoms with van der Waals surface area (Å²) in [5, 5.41) is 17.0. The van der Waals surface area contributed by atoms with Crippen molar-refractivity contribution in [3.05, 3.63) is 0 Å². The average molecular weight is 381 g/mol. The van der Waals surface area contributed by atoms with Crippen molar-refractivity contribution in [3.63, 3.8) is 0 Å². The topological polar surface area (TPSA) is 151 Å². The third-order valence-corrected chi connectivity index (χ3v) is 3.97. The molecule has 0 spiro atoms. The van der Waals surface area contributed by atoms with E-state index in [9.17, 15) is 19.2 Å². The van der Waals surface area contributed by atoms with E-state index in [1.807, 2.05) is 5.82 Å². The monoisotopic (exact) mass is 382 g/mol. The standard InChI is InChI=1S/C12H22N4O5Se/c1-22-5-2-8(11(20)14-3-4-17)16-12(21)9(7-18)15-10(19)6-13/h4,8-9,18H,2-3,5-7,13H2,1H3,(H,14,20)(H,15,19)(H,16,21)/t8-,9-/m0/s1. The molecule has 0 saturated carbocycles. The number of hydrogen-bond acceptors (Lipinski definition) is 6. The number of carbonyl (C=O) groups is 4. The SMILES string of the molecule is C[Se]CC[C@H](NC(=O)[C@H](CO)NC(=O)CN)C(=O)NCC=O. The van der Waals surface area contributed by atoms with E-state index in [1.54, 1.807) is 0 Å². The van der Waals surface area contributed by atoms with Crippen molar-refractivity contribution >= 4 is 39.0 Å². The van der Waals surface area contributed by atoms with Gasteiger partial charge in [-0.2, -0.15) is 0 Å². The van der Waals surface area contributed by atoms with Gasteiger partial charge in [0, 0.05) is 0 Å². The van der Waals surface area contributed by atoms with Gasteiger partial charge in [-0.05, 0) is 0 Å². The molecule has 6 N–H and O–H groups in total. The molecule has 0 rings (SSSR count). The Balaban J connectivity index is 4.72. The number of rotatable bonds is 11. The number of aliphatic hydroxyl groups excluding tert-OH is 1. The van der Waals surface area contributed by atoms with E-state index in [2.05, 4.69) is 16.0 Å². The first-order chi connectivity index (χ1) is 10.5. The zero-order chi connectivity index (χ0) is 17.0. The minimum atomic E-state index is -1.18. The summed E-state index contributed by atoms with van der Waals surface area (Å²) in [7, 11) is 0. The molecule has 0 aliphatic rings. The molecule has 3 amide bonds. The molecule has 9 nitrogen and oxygen atoms in total. The quantitative estimate of drug-likeness (QED) is 0.188. The number of aldehydes is 1. The second kappa shape index (κ2) is 12.1. The molecular formula is C12H22N4O5Se. The Morgan fingerprint density at radius 1 is 1.23 bits per heavy atom.